The molecule has 0 N–H and O–H groups in total. The summed E-state index contributed by atoms with van der Waals surface area (Å²) in [5.41, 5.74) is 3.15. The first-order valence-electron chi connectivity index (χ1n) is 11.3. The summed E-state index contributed by atoms with van der Waals surface area (Å²) < 4.78 is 49.0. The van der Waals surface area contributed by atoms with Crippen molar-refractivity contribution in [3.63, 3.8) is 0 Å². The minimum absolute atomic E-state index is 0.154. The molecule has 1 aliphatic carbocycles. The van der Waals surface area contributed by atoms with Gasteiger partial charge in [0.25, 0.3) is 0 Å². The topological polar surface area (TPSA) is 26.3 Å². The van der Waals surface area contributed by atoms with Gasteiger partial charge in [-0.1, -0.05) is 74.0 Å². The van der Waals surface area contributed by atoms with E-state index in [9.17, 15) is 18.0 Å². The van der Waals surface area contributed by atoms with Crippen LogP contribution in [0.15, 0.2) is 78.4 Å². The number of aryl methyl sites for hydroxylation is 2. The Bertz CT molecular complexity index is 1270. The highest BCUT2D eigenvalue weighted by molar-refractivity contribution is 5.93. The lowest BCUT2D eigenvalue weighted by Crippen LogP contribution is -2.14. The summed E-state index contributed by atoms with van der Waals surface area (Å²) in [5.74, 6) is -3.69. The SMILES string of the molecule is CCCc1ccc(-c2ccc(C3C=CC(C(=O)Oc4ccc(C)cc4F)=CC3)c(F)c2F)cc1. The molecule has 0 aromatic heterocycles. The van der Waals surface area contributed by atoms with Gasteiger partial charge in [0.2, 0.25) is 0 Å². The molecule has 0 heterocycles. The van der Waals surface area contributed by atoms with E-state index in [1.165, 1.54) is 18.2 Å². The second-order valence-electron chi connectivity index (χ2n) is 8.46. The fraction of sp³-hybridized carbons (Fsp3) is 0.207. The zero-order valence-electron chi connectivity index (χ0n) is 19.1. The summed E-state index contributed by atoms with van der Waals surface area (Å²) >= 11 is 0. The normalized spacial score (nSPS) is 15.2. The second kappa shape index (κ2) is 10.1. The van der Waals surface area contributed by atoms with Gasteiger partial charge in [-0.2, -0.15) is 0 Å². The highest BCUT2D eigenvalue weighted by Gasteiger charge is 2.23. The van der Waals surface area contributed by atoms with Gasteiger partial charge in [-0.3, -0.25) is 0 Å². The van der Waals surface area contributed by atoms with Crippen LogP contribution in [0.25, 0.3) is 11.1 Å². The molecule has 1 unspecified atom stereocenters. The molecule has 1 aliphatic rings. The number of hydrogen-bond donors (Lipinski definition) is 0. The molecule has 1 atom stereocenters. The van der Waals surface area contributed by atoms with Gasteiger partial charge < -0.3 is 4.74 Å². The minimum atomic E-state index is -0.897. The molecule has 34 heavy (non-hydrogen) atoms. The predicted molar refractivity (Wildman–Crippen MR) is 127 cm³/mol. The molecule has 0 radical (unpaired) electrons. The number of carbonyl (C=O) groups is 1. The first-order chi connectivity index (χ1) is 16.4. The molecule has 0 amide bonds. The molecule has 0 aliphatic heterocycles. The van der Waals surface area contributed by atoms with Crippen molar-refractivity contribution in [3.8, 4) is 16.9 Å². The summed E-state index contributed by atoms with van der Waals surface area (Å²) in [6.45, 7) is 3.82. The Kier molecular flexibility index (Phi) is 7.01. The first-order valence-corrected chi connectivity index (χ1v) is 11.3. The summed E-state index contributed by atoms with van der Waals surface area (Å²) in [6, 6.07) is 15.0. The van der Waals surface area contributed by atoms with Crippen LogP contribution in [0.1, 0.15) is 42.4 Å². The molecule has 0 saturated carbocycles. The lowest BCUT2D eigenvalue weighted by Gasteiger charge is -2.18. The molecule has 3 aromatic rings. The highest BCUT2D eigenvalue weighted by Crippen LogP contribution is 2.34. The minimum Gasteiger partial charge on any atom is -0.420 e. The van der Waals surface area contributed by atoms with Gasteiger partial charge in [0.1, 0.15) is 0 Å². The van der Waals surface area contributed by atoms with Crippen LogP contribution in [-0.2, 0) is 11.2 Å². The molecular formula is C29H25F3O2. The third-order valence-electron chi connectivity index (χ3n) is 5.94. The molecule has 4 rings (SSSR count). The number of ether oxygens (including phenoxy) is 1. The van der Waals surface area contributed by atoms with E-state index in [1.807, 2.05) is 12.1 Å². The Hall–Kier alpha value is -3.60. The van der Waals surface area contributed by atoms with Crippen molar-refractivity contribution in [1.82, 2.24) is 0 Å². The molecule has 174 valence electrons. The Morgan fingerprint density at radius 1 is 1.00 bits per heavy atom. The molecule has 0 fully saturated rings. The second-order valence-corrected chi connectivity index (χ2v) is 8.46. The van der Waals surface area contributed by atoms with Crippen LogP contribution < -0.4 is 4.74 Å². The van der Waals surface area contributed by atoms with Gasteiger partial charge in [-0.05, 0) is 54.2 Å². The molecule has 5 heteroatoms. The lowest BCUT2D eigenvalue weighted by atomic mass is 9.88. The number of esters is 1. The monoisotopic (exact) mass is 462 g/mol. The van der Waals surface area contributed by atoms with Crippen LogP contribution in [0.2, 0.25) is 0 Å². The number of carbonyl (C=O) groups excluding carboxylic acids is 1. The Morgan fingerprint density at radius 2 is 1.76 bits per heavy atom. The summed E-state index contributed by atoms with van der Waals surface area (Å²) in [7, 11) is 0. The number of rotatable bonds is 6. The average Bonchev–Trinajstić information content (AvgIpc) is 2.83. The van der Waals surface area contributed by atoms with Gasteiger partial charge in [-0.25, -0.2) is 18.0 Å². The zero-order chi connectivity index (χ0) is 24.2. The van der Waals surface area contributed by atoms with E-state index >= 15 is 0 Å². The third kappa shape index (κ3) is 4.98. The summed E-state index contributed by atoms with van der Waals surface area (Å²) in [5, 5.41) is 0. The number of allylic oxidation sites excluding steroid dienone is 2. The van der Waals surface area contributed by atoms with E-state index in [4.69, 9.17) is 4.74 Å². The molecule has 0 spiro atoms. The van der Waals surface area contributed by atoms with E-state index in [-0.39, 0.29) is 22.4 Å². The van der Waals surface area contributed by atoms with Crippen molar-refractivity contribution in [2.45, 2.75) is 39.0 Å². The maximum atomic E-state index is 15.0. The Labute approximate surface area is 197 Å². The van der Waals surface area contributed by atoms with Gasteiger partial charge in [-0.15, -0.1) is 0 Å². The van der Waals surface area contributed by atoms with Crippen LogP contribution in [-0.4, -0.2) is 5.97 Å². The number of halogens is 3. The molecular weight excluding hydrogens is 437 g/mol. The van der Waals surface area contributed by atoms with Crippen molar-refractivity contribution in [1.29, 1.82) is 0 Å². The Balaban J connectivity index is 1.48. The fourth-order valence-electron chi connectivity index (χ4n) is 4.06. The van der Waals surface area contributed by atoms with E-state index in [2.05, 4.69) is 6.92 Å². The third-order valence-corrected chi connectivity index (χ3v) is 5.94. The predicted octanol–water partition coefficient (Wildman–Crippen LogP) is 7.61. The maximum absolute atomic E-state index is 15.0. The number of benzene rings is 3. The Morgan fingerprint density at radius 3 is 2.41 bits per heavy atom. The van der Waals surface area contributed by atoms with Crippen molar-refractivity contribution in [3.05, 3.63) is 113 Å². The molecule has 3 aromatic carbocycles. The van der Waals surface area contributed by atoms with Gasteiger partial charge in [0.15, 0.2) is 23.2 Å². The number of hydrogen-bond acceptors (Lipinski definition) is 2. The van der Waals surface area contributed by atoms with Gasteiger partial charge >= 0.3 is 5.97 Å². The summed E-state index contributed by atoms with van der Waals surface area (Å²) in [6.07, 6.45) is 6.98. The van der Waals surface area contributed by atoms with E-state index < -0.39 is 29.3 Å². The molecule has 0 bridgehead atoms. The molecule has 2 nitrogen and oxygen atoms in total. The van der Waals surface area contributed by atoms with Crippen molar-refractivity contribution in [2.24, 2.45) is 0 Å². The van der Waals surface area contributed by atoms with Crippen LogP contribution in [0.4, 0.5) is 13.2 Å². The summed E-state index contributed by atoms with van der Waals surface area (Å²) in [4.78, 5) is 12.4. The largest absolute Gasteiger partial charge is 0.420 e. The zero-order valence-corrected chi connectivity index (χ0v) is 19.1. The average molecular weight is 463 g/mol. The van der Waals surface area contributed by atoms with Gasteiger partial charge in [0, 0.05) is 11.5 Å². The quantitative estimate of drug-likeness (QED) is 0.278. The maximum Gasteiger partial charge on any atom is 0.343 e. The fourth-order valence-corrected chi connectivity index (χ4v) is 4.06. The van der Waals surface area contributed by atoms with Crippen molar-refractivity contribution in [2.75, 3.05) is 0 Å². The lowest BCUT2D eigenvalue weighted by molar-refractivity contribution is -0.130. The van der Waals surface area contributed by atoms with Crippen LogP contribution in [0, 0.1) is 24.4 Å². The highest BCUT2D eigenvalue weighted by atomic mass is 19.2. The smallest absolute Gasteiger partial charge is 0.343 e. The van der Waals surface area contributed by atoms with E-state index in [1.54, 1.807) is 49.4 Å². The van der Waals surface area contributed by atoms with Crippen LogP contribution in [0.5, 0.6) is 5.75 Å². The van der Waals surface area contributed by atoms with Gasteiger partial charge in [0.05, 0.1) is 5.57 Å². The van der Waals surface area contributed by atoms with E-state index in [0.29, 0.717) is 17.5 Å². The first kappa shape index (κ1) is 23.6. The van der Waals surface area contributed by atoms with Crippen molar-refractivity contribution < 1.29 is 22.7 Å². The van der Waals surface area contributed by atoms with Crippen LogP contribution >= 0.6 is 0 Å². The van der Waals surface area contributed by atoms with Crippen molar-refractivity contribution >= 4 is 5.97 Å². The molecule has 0 saturated heterocycles. The van der Waals surface area contributed by atoms with E-state index in [0.717, 1.165) is 18.4 Å². The van der Waals surface area contributed by atoms with Crippen LogP contribution in [0.3, 0.4) is 0 Å². The standard InChI is InChI=1S/C29H25F3O2/c1-3-4-19-6-8-20(9-7-19)23-14-15-24(28(32)27(23)31)21-10-12-22(13-11-21)29(33)34-26-16-5-18(2)17-25(26)30/h5-10,12-17,21H,3-4,11H2,1-2H3.